The number of ether oxygens (including phenoxy) is 1. The first-order chi connectivity index (χ1) is 54.3. The summed E-state index contributed by atoms with van der Waals surface area (Å²) in [5.74, 6) is -3.80. The van der Waals surface area contributed by atoms with Crippen molar-refractivity contribution in [3.05, 3.63) is 142 Å². The number of nitrogens with one attached hydrogen (secondary N) is 2. The van der Waals surface area contributed by atoms with Crippen molar-refractivity contribution in [1.29, 1.82) is 5.26 Å². The molecule has 56 heteroatoms. The van der Waals surface area contributed by atoms with Gasteiger partial charge in [0.2, 0.25) is 17.8 Å². The molecule has 0 aliphatic heterocycles. The van der Waals surface area contributed by atoms with E-state index < -0.39 is 121 Å². The Morgan fingerprint density at radius 2 is 0.957 bits per heavy atom. The molecule has 6 aromatic carbocycles. The lowest BCUT2D eigenvalue weighted by Gasteiger charge is -2.15. The number of azo groups is 4. The van der Waals surface area contributed by atoms with Crippen LogP contribution in [0.15, 0.2) is 170 Å². The Balaban J connectivity index is 0.00000163. The Hall–Kier alpha value is -10.8. The molecule has 0 radical (unpaired) electrons. The average Bonchev–Trinajstić information content (AvgIpc) is 1.58. The molecule has 9 rings (SSSR count). The van der Waals surface area contributed by atoms with E-state index in [-0.39, 0.29) is 157 Å². The fourth-order valence-corrected chi connectivity index (χ4v) is 15.3. The van der Waals surface area contributed by atoms with E-state index in [0.717, 1.165) is 41.4 Å². The summed E-state index contributed by atoms with van der Waals surface area (Å²) in [7, 11) is -32.0. The van der Waals surface area contributed by atoms with Crippen LogP contribution in [0.25, 0.3) is 16.7 Å². The summed E-state index contributed by atoms with van der Waals surface area (Å²) in [6.45, 7) is 4.43. The number of nitro groups is 1. The van der Waals surface area contributed by atoms with Gasteiger partial charge in [0.1, 0.15) is 39.3 Å². The molecule has 3 aromatic heterocycles. The Morgan fingerprint density at radius 1 is 0.517 bits per heavy atom. The van der Waals surface area contributed by atoms with E-state index in [9.17, 15) is 85.3 Å². The van der Waals surface area contributed by atoms with E-state index in [4.69, 9.17) is 42.6 Å². The second-order valence-electron chi connectivity index (χ2n) is 22.7. The topological polar surface area (TPSA) is 701 Å². The third-order valence-corrected chi connectivity index (χ3v) is 21.6. The van der Waals surface area contributed by atoms with Gasteiger partial charge in [-0.2, -0.15) is 67.4 Å². The second-order valence-corrected chi connectivity index (χ2v) is 34.9. The van der Waals surface area contributed by atoms with Gasteiger partial charge in [-0.25, -0.2) is 4.98 Å². The predicted octanol–water partition coefficient (Wildman–Crippen LogP) is 11.2. The zero-order chi connectivity index (χ0) is 86.0. The number of hydrogen-bond donors (Lipinski definition) is 8. The largest absolute Gasteiger partial charge is 0.493 e. The van der Waals surface area contributed by atoms with E-state index in [1.807, 2.05) is 0 Å². The Morgan fingerprint density at radius 3 is 1.50 bits per heavy atom. The number of pyridine rings is 1. The van der Waals surface area contributed by atoms with Crippen LogP contribution < -0.4 is 15.4 Å². The summed E-state index contributed by atoms with van der Waals surface area (Å²) in [6.07, 6.45) is -0.530. The molecule has 0 amide bonds. The number of nitro benzene ring substituents is 1. The zero-order valence-corrected chi connectivity index (χ0v) is 68.2. The first-order valence-electron chi connectivity index (χ1n) is 31.7. The van der Waals surface area contributed by atoms with Crippen molar-refractivity contribution in [3.63, 3.8) is 0 Å². The average molecular weight is 1820 g/mol. The Bertz CT molecular complexity index is 6300. The van der Waals surface area contributed by atoms with Crippen molar-refractivity contribution >= 4 is 209 Å². The SMILES string of the molecule is Cc1cc(N=Nc2c(C)c(C#N)c3nc4ccccc4n3c2O)c(OCCCS(=O)(=O)O)cc1N=Nc1cc(Nc2nc(Nc3ccccc3S(=O)(=O)O)nc(SCCCS(=O)(=O)O)n2)c(N=Nc2cc(C)c(N=Nc3ccccc3[N+](=O)[O-])cc2SCCCS(=O)(=O)O)cc1SCCCS(=O)(=O)O.O=S(=O)=O.O=S(=O)=O.O=S(=O)=O. The molecule has 0 atom stereocenters. The van der Waals surface area contributed by atoms with Crippen LogP contribution in [-0.2, 0) is 82.4 Å². The molecule has 3 heterocycles. The normalized spacial score (nSPS) is 11.9. The molecule has 0 saturated heterocycles. The van der Waals surface area contributed by atoms with Gasteiger partial charge in [0.05, 0.1) is 74.0 Å². The van der Waals surface area contributed by atoms with Crippen LogP contribution in [0, 0.1) is 42.2 Å². The summed E-state index contributed by atoms with van der Waals surface area (Å²) in [5.41, 5.74) is 1.59. The summed E-state index contributed by atoms with van der Waals surface area (Å²) in [6, 6.07) is 28.4. The van der Waals surface area contributed by atoms with Crippen molar-refractivity contribution in [1.82, 2.24) is 24.3 Å². The number of hydrogen-bond acceptors (Lipinski definition) is 41. The maximum Gasteiger partial charge on any atom is 0.425 e. The summed E-state index contributed by atoms with van der Waals surface area (Å²) in [4.78, 5) is 29.1. The summed E-state index contributed by atoms with van der Waals surface area (Å²) >= 11 is 2.96. The molecule has 45 nitrogen and oxygen atoms in total. The van der Waals surface area contributed by atoms with Gasteiger partial charge in [0, 0.05) is 33.2 Å². The van der Waals surface area contributed by atoms with Crippen LogP contribution in [0.5, 0.6) is 11.6 Å². The van der Waals surface area contributed by atoms with Crippen molar-refractivity contribution in [2.24, 2.45) is 40.9 Å². The Kier molecular flexibility index (Phi) is 34.7. The molecule has 8 N–H and O–H groups in total. The fourth-order valence-electron chi connectivity index (χ4n) is 9.46. The van der Waals surface area contributed by atoms with Crippen LogP contribution in [0.2, 0.25) is 0 Å². The van der Waals surface area contributed by atoms with Crippen molar-refractivity contribution in [2.75, 3.05) is 57.5 Å². The molecular formula is C60H59N17O28S11. The molecular weight excluding hydrogens is 1760 g/mol. The van der Waals surface area contributed by atoms with E-state index >= 15 is 0 Å². The lowest BCUT2D eigenvalue weighted by molar-refractivity contribution is -0.384. The number of nitrogens with zero attached hydrogens (tertiary/aromatic N) is 15. The van der Waals surface area contributed by atoms with Crippen LogP contribution in [0.1, 0.15) is 47.9 Å². The maximum absolute atomic E-state index is 12.6. The zero-order valence-electron chi connectivity index (χ0n) is 59.2. The highest BCUT2D eigenvalue weighted by Gasteiger charge is 2.24. The van der Waals surface area contributed by atoms with E-state index in [0.29, 0.717) is 27.1 Å². The minimum Gasteiger partial charge on any atom is -0.493 e. The molecule has 0 aliphatic carbocycles. The first kappa shape index (κ1) is 94.1. The number of fused-ring (bicyclic) bond motifs is 3. The number of rotatable bonds is 34. The monoisotopic (exact) mass is 1820 g/mol. The number of para-hydroxylation sites is 4. The number of nitriles is 1. The van der Waals surface area contributed by atoms with Gasteiger partial charge in [-0.05, 0) is 130 Å². The number of aromatic nitrogens is 5. The summed E-state index contributed by atoms with van der Waals surface area (Å²) < 4.78 is 252. The quantitative estimate of drug-likeness (QED) is 0.00464. The third-order valence-electron chi connectivity index (χ3n) is 14.3. The fraction of sp³-hybridized carbons (Fsp3) is 0.250. The number of thioether (sulfide) groups is 3. The number of aryl methyl sites for hydroxylation is 2. The van der Waals surface area contributed by atoms with Gasteiger partial charge in [-0.15, -0.1) is 97.2 Å². The molecule has 0 unspecified atom stereocenters. The van der Waals surface area contributed by atoms with Gasteiger partial charge in [0.25, 0.3) is 56.3 Å². The van der Waals surface area contributed by atoms with Gasteiger partial charge in [-0.1, -0.05) is 48.2 Å². The summed E-state index contributed by atoms with van der Waals surface area (Å²) in [5, 5.41) is 75.3. The number of benzene rings is 6. The Labute approximate surface area is 674 Å². The minimum absolute atomic E-state index is 0.00603. The number of anilines is 4. The van der Waals surface area contributed by atoms with E-state index in [2.05, 4.69) is 77.6 Å². The minimum atomic E-state index is -4.88. The van der Waals surface area contributed by atoms with E-state index in [1.165, 1.54) is 90.2 Å². The van der Waals surface area contributed by atoms with Gasteiger partial charge < -0.3 is 20.5 Å². The smallest absolute Gasteiger partial charge is 0.425 e. The lowest BCUT2D eigenvalue weighted by Crippen LogP contribution is -2.08. The highest BCUT2D eigenvalue weighted by atomic mass is 32.2. The third kappa shape index (κ3) is 31.1. The molecule has 9 aromatic rings. The van der Waals surface area contributed by atoms with Crippen LogP contribution in [-0.4, -0.2) is 184 Å². The van der Waals surface area contributed by atoms with Crippen LogP contribution >= 0.6 is 35.3 Å². The standard InChI is InChI=1S/C60H59N17O19S8.3O3S/c1-35-28-46(72-75-55-37(3)38(34-61)56-62-39-14-4-7-17-49(39)76(56)57(55)78)51(96-20-10-24-100(81,82)83)31-42(35)69-74-48-30-44(64-59-65-58(63-41-16-6-9-19-54(41)104(93,94)95)66-60(67-59)99-23-13-27-103(90,91)92)45(33-53(48)98-22-12-26-102(87,88)89)71-73-47-29-36(2)43(32-52(47)97-21-11-25-101(84,85)86)70-68-40-15-5-8-18-50(40)77(79)80;3*1-4(2)3/h4-9,14-19,28-33,78H,10-13,20-27H2,1-3H3,(H,81,82,83)(H,84,85,86)(H,87,88,89)(H,90,91,92)(H,93,94,95)(H2,63,64,65,66,67);;;. The van der Waals surface area contributed by atoms with E-state index in [1.54, 1.807) is 38.1 Å². The highest BCUT2D eigenvalue weighted by Crippen LogP contribution is 2.46. The molecule has 0 fully saturated rings. The van der Waals surface area contributed by atoms with Crippen molar-refractivity contribution in [3.8, 4) is 17.7 Å². The lowest BCUT2D eigenvalue weighted by atomic mass is 10.1. The number of imidazole rings is 1. The van der Waals surface area contributed by atoms with Crippen molar-refractivity contribution < 1.29 is 117 Å². The molecule has 0 spiro atoms. The van der Waals surface area contributed by atoms with Crippen molar-refractivity contribution in [2.45, 2.75) is 66.3 Å². The second kappa shape index (κ2) is 42.7. The predicted molar refractivity (Wildman–Crippen MR) is 416 cm³/mol. The number of aromatic hydroxyl groups is 1. The molecule has 0 saturated carbocycles. The molecule has 0 aliphatic rings. The maximum atomic E-state index is 12.6. The molecule has 0 bridgehead atoms. The van der Waals surface area contributed by atoms with Crippen LogP contribution in [0.3, 0.4) is 0 Å². The first-order valence-corrected chi connectivity index (χ1v) is 45.5. The molecule has 618 valence electrons. The van der Waals surface area contributed by atoms with Gasteiger partial charge >= 0.3 is 31.8 Å². The molecule has 116 heavy (non-hydrogen) atoms. The van der Waals surface area contributed by atoms with Gasteiger partial charge in [-0.3, -0.25) is 37.3 Å². The van der Waals surface area contributed by atoms with Crippen LogP contribution in [0.4, 0.5) is 74.5 Å². The van der Waals surface area contributed by atoms with Gasteiger partial charge in [0.15, 0.2) is 22.2 Å². The highest BCUT2D eigenvalue weighted by molar-refractivity contribution is 8.00.